The number of amides is 1. The Morgan fingerprint density at radius 2 is 1.76 bits per heavy atom. The van der Waals surface area contributed by atoms with E-state index in [2.05, 4.69) is 25.6 Å². The van der Waals surface area contributed by atoms with E-state index in [1.165, 1.54) is 6.33 Å². The first-order chi connectivity index (χ1) is 13.6. The number of aromatic amines is 1. The highest BCUT2D eigenvalue weighted by Gasteiger charge is 2.34. The molecule has 3 aromatic rings. The number of anilines is 1. The number of benzene rings is 1. The Morgan fingerprint density at radius 1 is 1.07 bits per heavy atom. The summed E-state index contributed by atoms with van der Waals surface area (Å²) < 4.78 is 77.6. The number of nitrogens with two attached hydrogens (primary N) is 1. The minimum Gasteiger partial charge on any atom is -0.368 e. The van der Waals surface area contributed by atoms with Crippen molar-refractivity contribution < 1.29 is 30.8 Å². The summed E-state index contributed by atoms with van der Waals surface area (Å²) in [5.41, 5.74) is -1.01. The van der Waals surface area contributed by atoms with Gasteiger partial charge in [-0.25, -0.2) is 41.1 Å². The van der Waals surface area contributed by atoms with Crippen LogP contribution in [0.5, 0.6) is 0 Å². The van der Waals surface area contributed by atoms with Crippen molar-refractivity contribution in [1.29, 1.82) is 0 Å². The third-order valence-electron chi connectivity index (χ3n) is 3.79. The van der Waals surface area contributed by atoms with Gasteiger partial charge < -0.3 is 15.6 Å². The van der Waals surface area contributed by atoms with E-state index in [4.69, 9.17) is 5.14 Å². The molecule has 0 aliphatic heterocycles. The van der Waals surface area contributed by atoms with Gasteiger partial charge in [0, 0.05) is 19.3 Å². The van der Waals surface area contributed by atoms with Crippen LogP contribution in [0.15, 0.2) is 23.5 Å². The van der Waals surface area contributed by atoms with Crippen LogP contribution in [0.4, 0.5) is 23.4 Å². The molecule has 154 valence electrons. The summed E-state index contributed by atoms with van der Waals surface area (Å²) in [7, 11) is -5.08. The first kappa shape index (κ1) is 20.5. The quantitative estimate of drug-likeness (QED) is 0.198. The summed E-state index contributed by atoms with van der Waals surface area (Å²) in [5.74, 6) is -10.3. The minimum atomic E-state index is -5.08. The van der Waals surface area contributed by atoms with Crippen LogP contribution in [0.2, 0.25) is 0 Å². The fourth-order valence-corrected chi connectivity index (χ4v) is 3.35. The van der Waals surface area contributed by atoms with Gasteiger partial charge in [0.2, 0.25) is 10.0 Å². The lowest BCUT2D eigenvalue weighted by molar-refractivity contribution is 0.0944. The predicted molar refractivity (Wildman–Crippen MR) is 92.4 cm³/mol. The molecule has 3 rings (SSSR count). The lowest BCUT2D eigenvalue weighted by Crippen LogP contribution is -2.33. The van der Waals surface area contributed by atoms with E-state index in [1.807, 2.05) is 0 Å². The van der Waals surface area contributed by atoms with E-state index in [9.17, 15) is 30.8 Å². The highest BCUT2D eigenvalue weighted by atomic mass is 32.2. The lowest BCUT2D eigenvalue weighted by atomic mass is 10.1. The summed E-state index contributed by atoms with van der Waals surface area (Å²) in [4.78, 5) is 21.2. The number of hydrogen-bond acceptors (Lipinski definition) is 6. The molecule has 1 aromatic carbocycles. The molecule has 0 spiro atoms. The molecular weight excluding hydrogens is 420 g/mol. The van der Waals surface area contributed by atoms with Crippen LogP contribution >= 0.6 is 0 Å². The highest BCUT2D eigenvalue weighted by molar-refractivity contribution is 7.89. The number of fused-ring (bicyclic) bond motifs is 1. The molecule has 2 aromatic heterocycles. The maximum absolute atomic E-state index is 14.0. The number of nitrogens with zero attached hydrogens (tertiary/aromatic N) is 2. The average Bonchev–Trinajstić information content (AvgIpc) is 3.14. The molecule has 0 bridgehead atoms. The molecule has 0 saturated carbocycles. The maximum atomic E-state index is 14.0. The van der Waals surface area contributed by atoms with Crippen molar-refractivity contribution in [2.24, 2.45) is 5.14 Å². The fourth-order valence-electron chi connectivity index (χ4n) is 2.54. The summed E-state index contributed by atoms with van der Waals surface area (Å²) in [6.07, 6.45) is 2.90. The normalized spacial score (nSPS) is 11.6. The standard InChI is InChI=1S/C15H12F4N6O3S/c16-8-7(12(29(20,27)28)11(19)10(18)9(8)17)15(26)23-4-3-22-14-6-1-2-21-13(6)24-5-25-14/h1-2,5H,3-4H2,(H,23,26)(H2,20,27,28)(H2,21,22,24,25). The number of carbonyl (C=O) groups excluding carboxylic acids is 1. The van der Waals surface area contributed by atoms with E-state index < -0.39 is 49.7 Å². The number of hydrogen-bond donors (Lipinski definition) is 4. The molecular formula is C15H12F4N6O3S. The Balaban J connectivity index is 1.78. The zero-order valence-electron chi connectivity index (χ0n) is 14.3. The fraction of sp³-hybridized carbons (Fsp3) is 0.133. The number of rotatable bonds is 6. The summed E-state index contributed by atoms with van der Waals surface area (Å²) in [6.45, 7) is -0.222. The van der Waals surface area contributed by atoms with Crippen LogP contribution in [0.25, 0.3) is 11.0 Å². The molecule has 2 heterocycles. The van der Waals surface area contributed by atoms with Gasteiger partial charge in [-0.15, -0.1) is 0 Å². The summed E-state index contributed by atoms with van der Waals surface area (Å²) in [6, 6.07) is 1.69. The second-order valence-electron chi connectivity index (χ2n) is 5.65. The smallest absolute Gasteiger partial charge is 0.255 e. The highest BCUT2D eigenvalue weighted by Crippen LogP contribution is 2.27. The number of halogens is 4. The Hall–Kier alpha value is -3.26. The van der Waals surface area contributed by atoms with Gasteiger partial charge in [-0.3, -0.25) is 4.79 Å². The van der Waals surface area contributed by atoms with Gasteiger partial charge in [0.15, 0.2) is 23.3 Å². The van der Waals surface area contributed by atoms with Crippen LogP contribution in [0.3, 0.4) is 0 Å². The van der Waals surface area contributed by atoms with Crippen molar-refractivity contribution in [3.8, 4) is 0 Å². The molecule has 0 fully saturated rings. The topological polar surface area (TPSA) is 143 Å². The van der Waals surface area contributed by atoms with Gasteiger partial charge in [0.1, 0.15) is 28.3 Å². The van der Waals surface area contributed by atoms with Gasteiger partial charge in [-0.1, -0.05) is 0 Å². The first-order valence-electron chi connectivity index (χ1n) is 7.81. The first-order valence-corrected chi connectivity index (χ1v) is 9.36. The molecule has 5 N–H and O–H groups in total. The minimum absolute atomic E-state index is 0.0154. The van der Waals surface area contributed by atoms with Crippen LogP contribution in [0.1, 0.15) is 10.4 Å². The Morgan fingerprint density at radius 3 is 2.45 bits per heavy atom. The SMILES string of the molecule is NS(=O)(=O)c1c(F)c(F)c(F)c(F)c1C(=O)NCCNc1ncnc2[nH]ccc12. The molecule has 0 atom stereocenters. The molecule has 0 aliphatic rings. The van der Waals surface area contributed by atoms with Crippen molar-refractivity contribution in [2.45, 2.75) is 4.90 Å². The van der Waals surface area contributed by atoms with Crippen molar-refractivity contribution >= 4 is 32.8 Å². The van der Waals surface area contributed by atoms with Gasteiger partial charge in [-0.2, -0.15) is 0 Å². The van der Waals surface area contributed by atoms with Gasteiger partial charge in [-0.05, 0) is 6.07 Å². The molecule has 0 radical (unpaired) electrons. The Bertz CT molecular complexity index is 1210. The monoisotopic (exact) mass is 432 g/mol. The van der Waals surface area contributed by atoms with Crippen LogP contribution < -0.4 is 15.8 Å². The van der Waals surface area contributed by atoms with Crippen molar-refractivity contribution in [2.75, 3.05) is 18.4 Å². The van der Waals surface area contributed by atoms with E-state index in [0.29, 0.717) is 16.9 Å². The molecule has 14 heteroatoms. The third-order valence-corrected chi connectivity index (χ3v) is 4.74. The largest absolute Gasteiger partial charge is 0.368 e. The van der Waals surface area contributed by atoms with Gasteiger partial charge in [0.05, 0.1) is 5.39 Å². The summed E-state index contributed by atoms with van der Waals surface area (Å²) in [5, 5.41) is 10.3. The number of aromatic nitrogens is 3. The van der Waals surface area contributed by atoms with Gasteiger partial charge in [0.25, 0.3) is 5.91 Å². The lowest BCUT2D eigenvalue weighted by Gasteiger charge is -2.13. The molecule has 0 saturated heterocycles. The van der Waals surface area contributed by atoms with E-state index in [0.717, 1.165) is 0 Å². The second kappa shape index (κ2) is 7.63. The summed E-state index contributed by atoms with van der Waals surface area (Å²) >= 11 is 0. The number of primary sulfonamides is 1. The third kappa shape index (κ3) is 3.84. The van der Waals surface area contributed by atoms with Crippen molar-refractivity contribution in [3.05, 3.63) is 47.4 Å². The Labute approximate surface area is 160 Å². The van der Waals surface area contributed by atoms with E-state index in [-0.39, 0.29) is 13.1 Å². The van der Waals surface area contributed by atoms with E-state index in [1.54, 1.807) is 12.3 Å². The number of H-pyrrole nitrogens is 1. The number of nitrogens with one attached hydrogen (secondary N) is 3. The van der Waals surface area contributed by atoms with Crippen LogP contribution in [-0.4, -0.2) is 42.4 Å². The maximum Gasteiger partial charge on any atom is 0.255 e. The molecule has 0 unspecified atom stereocenters. The van der Waals surface area contributed by atoms with Crippen LogP contribution in [-0.2, 0) is 10.0 Å². The molecule has 0 aliphatic carbocycles. The van der Waals surface area contributed by atoms with Crippen molar-refractivity contribution in [3.63, 3.8) is 0 Å². The molecule has 1 amide bonds. The Kier molecular flexibility index (Phi) is 5.39. The predicted octanol–water partition coefficient (Wildman–Crippen LogP) is 1.00. The van der Waals surface area contributed by atoms with E-state index >= 15 is 0 Å². The van der Waals surface area contributed by atoms with Crippen molar-refractivity contribution in [1.82, 2.24) is 20.3 Å². The number of sulfonamides is 1. The number of carbonyl (C=O) groups is 1. The zero-order chi connectivity index (χ0) is 21.3. The average molecular weight is 432 g/mol. The van der Waals surface area contributed by atoms with Crippen LogP contribution in [0, 0.1) is 23.3 Å². The molecule has 9 nitrogen and oxygen atoms in total. The molecule has 29 heavy (non-hydrogen) atoms. The zero-order valence-corrected chi connectivity index (χ0v) is 15.1. The van der Waals surface area contributed by atoms with Gasteiger partial charge >= 0.3 is 0 Å². The second-order valence-corrected chi connectivity index (χ2v) is 7.15.